The SMILES string of the molecule is CCS(=O)(=O)CCCOc1c(F)cc(S(=O)(=O)Cl)cc1F. The normalized spacial score (nSPS) is 12.4. The van der Waals surface area contributed by atoms with Crippen LogP contribution in [0.3, 0.4) is 0 Å². The number of sulfone groups is 1. The molecule has 0 bridgehead atoms. The predicted octanol–water partition coefficient (Wildman–Crippen LogP) is 2.10. The zero-order chi connectivity index (χ0) is 16.3. The molecule has 0 spiro atoms. The second-order valence-corrected chi connectivity index (χ2v) is 9.13. The van der Waals surface area contributed by atoms with Gasteiger partial charge in [-0.1, -0.05) is 6.92 Å². The Labute approximate surface area is 126 Å². The molecule has 0 aromatic heterocycles. The maximum Gasteiger partial charge on any atom is 0.261 e. The molecule has 0 saturated carbocycles. The van der Waals surface area contributed by atoms with E-state index in [4.69, 9.17) is 15.4 Å². The molecule has 0 radical (unpaired) electrons. The molecule has 0 fully saturated rings. The molecule has 120 valence electrons. The molecule has 0 N–H and O–H groups in total. The maximum absolute atomic E-state index is 13.6. The molecule has 0 aliphatic carbocycles. The minimum Gasteiger partial charge on any atom is -0.488 e. The van der Waals surface area contributed by atoms with Crippen LogP contribution in [0.1, 0.15) is 13.3 Å². The number of hydrogen-bond donors (Lipinski definition) is 0. The lowest BCUT2D eigenvalue weighted by atomic mass is 10.3. The van der Waals surface area contributed by atoms with Crippen LogP contribution in [0.4, 0.5) is 8.78 Å². The van der Waals surface area contributed by atoms with Crippen LogP contribution in [-0.4, -0.2) is 34.9 Å². The number of ether oxygens (including phenoxy) is 1. The first-order valence-corrected chi connectivity index (χ1v) is 9.97. The van der Waals surface area contributed by atoms with Crippen LogP contribution in [0.5, 0.6) is 5.75 Å². The summed E-state index contributed by atoms with van der Waals surface area (Å²) in [6.07, 6.45) is 0.0601. The molecule has 1 rings (SSSR count). The van der Waals surface area contributed by atoms with Gasteiger partial charge in [-0.05, 0) is 18.6 Å². The van der Waals surface area contributed by atoms with Crippen LogP contribution in [0.15, 0.2) is 17.0 Å². The molecule has 21 heavy (non-hydrogen) atoms. The summed E-state index contributed by atoms with van der Waals surface area (Å²) in [5, 5.41) is 0. The summed E-state index contributed by atoms with van der Waals surface area (Å²) in [7, 11) is -2.46. The van der Waals surface area contributed by atoms with E-state index in [1.165, 1.54) is 6.92 Å². The first-order chi connectivity index (χ1) is 9.57. The van der Waals surface area contributed by atoms with E-state index in [9.17, 15) is 25.6 Å². The van der Waals surface area contributed by atoms with Gasteiger partial charge in [-0.15, -0.1) is 0 Å². The molecular formula is C11H13ClF2O5S2. The first-order valence-electron chi connectivity index (χ1n) is 5.84. The average Bonchev–Trinajstić information content (AvgIpc) is 2.35. The standard InChI is InChI=1S/C11H13ClF2O5S2/c1-2-20(15,16)5-3-4-19-11-9(13)6-8(7-10(11)14)21(12,17)18/h6-7H,2-5H2,1H3. The zero-order valence-electron chi connectivity index (χ0n) is 11.0. The Kier molecular flexibility index (Phi) is 5.94. The van der Waals surface area contributed by atoms with Crippen molar-refractivity contribution in [3.63, 3.8) is 0 Å². The molecule has 0 amide bonds. The number of hydrogen-bond acceptors (Lipinski definition) is 5. The molecule has 0 unspecified atom stereocenters. The van der Waals surface area contributed by atoms with E-state index in [-0.39, 0.29) is 24.5 Å². The first kappa shape index (κ1) is 18.1. The van der Waals surface area contributed by atoms with E-state index in [0.29, 0.717) is 12.1 Å². The Morgan fingerprint density at radius 1 is 1.14 bits per heavy atom. The Balaban J connectivity index is 2.78. The van der Waals surface area contributed by atoms with Gasteiger partial charge < -0.3 is 4.74 Å². The van der Waals surface area contributed by atoms with Gasteiger partial charge in [0.1, 0.15) is 9.84 Å². The summed E-state index contributed by atoms with van der Waals surface area (Å²) in [5.41, 5.74) is 0. The Hall–Kier alpha value is -0.930. The van der Waals surface area contributed by atoms with Crippen molar-refractivity contribution in [2.24, 2.45) is 0 Å². The summed E-state index contributed by atoms with van der Waals surface area (Å²) in [6, 6.07) is 1.06. The highest BCUT2D eigenvalue weighted by Gasteiger charge is 2.19. The molecule has 5 nitrogen and oxygen atoms in total. The summed E-state index contributed by atoms with van der Waals surface area (Å²) >= 11 is 0. The van der Waals surface area contributed by atoms with Crippen LogP contribution in [0.25, 0.3) is 0 Å². The van der Waals surface area contributed by atoms with Gasteiger partial charge in [0.2, 0.25) is 0 Å². The largest absolute Gasteiger partial charge is 0.488 e. The molecule has 1 aromatic rings. The van der Waals surface area contributed by atoms with Crippen molar-refractivity contribution in [2.75, 3.05) is 18.1 Å². The van der Waals surface area contributed by atoms with Crippen LogP contribution in [0.2, 0.25) is 0 Å². The highest BCUT2D eigenvalue weighted by Crippen LogP contribution is 2.27. The minimum absolute atomic E-state index is 0.0298. The van der Waals surface area contributed by atoms with Gasteiger partial charge in [-0.3, -0.25) is 0 Å². The second-order valence-electron chi connectivity index (χ2n) is 4.09. The monoisotopic (exact) mass is 362 g/mol. The lowest BCUT2D eigenvalue weighted by Gasteiger charge is -2.09. The molecule has 0 heterocycles. The fraction of sp³-hybridized carbons (Fsp3) is 0.455. The van der Waals surface area contributed by atoms with Gasteiger partial charge in [0, 0.05) is 16.4 Å². The fourth-order valence-electron chi connectivity index (χ4n) is 1.41. The third-order valence-electron chi connectivity index (χ3n) is 2.54. The molecule has 0 aliphatic heterocycles. The van der Waals surface area contributed by atoms with Crippen molar-refractivity contribution in [1.82, 2.24) is 0 Å². The van der Waals surface area contributed by atoms with Crippen molar-refractivity contribution in [3.8, 4) is 5.75 Å². The third-order valence-corrected chi connectivity index (χ3v) is 5.66. The Bertz CT molecular complexity index is 693. The van der Waals surface area contributed by atoms with Crippen LogP contribution in [-0.2, 0) is 18.9 Å². The smallest absolute Gasteiger partial charge is 0.261 e. The topological polar surface area (TPSA) is 77.5 Å². The summed E-state index contributed by atoms with van der Waals surface area (Å²) in [4.78, 5) is -0.722. The lowest BCUT2D eigenvalue weighted by molar-refractivity contribution is 0.284. The third kappa shape index (κ3) is 5.40. The molecule has 10 heteroatoms. The summed E-state index contributed by atoms with van der Waals surface area (Å²) in [5.74, 6) is -3.42. The van der Waals surface area contributed by atoms with Gasteiger partial charge in [-0.25, -0.2) is 25.6 Å². The Morgan fingerprint density at radius 2 is 1.67 bits per heavy atom. The highest BCUT2D eigenvalue weighted by atomic mass is 35.7. The van der Waals surface area contributed by atoms with E-state index in [2.05, 4.69) is 0 Å². The van der Waals surface area contributed by atoms with E-state index in [1.807, 2.05) is 0 Å². The Morgan fingerprint density at radius 3 is 2.10 bits per heavy atom. The lowest BCUT2D eigenvalue weighted by Crippen LogP contribution is -2.12. The van der Waals surface area contributed by atoms with E-state index in [0.717, 1.165) is 0 Å². The number of rotatable bonds is 7. The highest BCUT2D eigenvalue weighted by molar-refractivity contribution is 8.13. The van der Waals surface area contributed by atoms with Gasteiger partial charge in [0.25, 0.3) is 9.05 Å². The molecule has 0 saturated heterocycles. The maximum atomic E-state index is 13.6. The van der Waals surface area contributed by atoms with Crippen molar-refractivity contribution in [1.29, 1.82) is 0 Å². The van der Waals surface area contributed by atoms with Crippen LogP contribution in [0, 0.1) is 11.6 Å². The van der Waals surface area contributed by atoms with Crippen molar-refractivity contribution in [2.45, 2.75) is 18.2 Å². The van der Waals surface area contributed by atoms with Gasteiger partial charge in [-0.2, -0.15) is 0 Å². The number of benzene rings is 1. The number of halogens is 3. The van der Waals surface area contributed by atoms with E-state index in [1.54, 1.807) is 0 Å². The summed E-state index contributed by atoms with van der Waals surface area (Å²) in [6.45, 7) is 1.26. The molecule has 0 aliphatic rings. The van der Waals surface area contributed by atoms with Gasteiger partial charge in [0.15, 0.2) is 17.4 Å². The van der Waals surface area contributed by atoms with Gasteiger partial charge >= 0.3 is 0 Å². The van der Waals surface area contributed by atoms with Crippen molar-refractivity contribution >= 4 is 29.6 Å². The average molecular weight is 363 g/mol. The summed E-state index contributed by atoms with van der Waals surface area (Å²) < 4.78 is 76.3. The fourth-order valence-corrected chi connectivity index (χ4v) is 3.01. The zero-order valence-corrected chi connectivity index (χ0v) is 13.4. The van der Waals surface area contributed by atoms with Gasteiger partial charge in [0.05, 0.1) is 17.3 Å². The molecule has 1 aromatic carbocycles. The second kappa shape index (κ2) is 6.89. The van der Waals surface area contributed by atoms with Crippen LogP contribution < -0.4 is 4.74 Å². The molecular weight excluding hydrogens is 350 g/mol. The minimum atomic E-state index is -4.26. The molecule has 0 atom stereocenters. The predicted molar refractivity (Wildman–Crippen MR) is 73.8 cm³/mol. The quantitative estimate of drug-likeness (QED) is 0.548. The van der Waals surface area contributed by atoms with Crippen LogP contribution >= 0.6 is 10.7 Å². The van der Waals surface area contributed by atoms with Crippen molar-refractivity contribution < 1.29 is 30.4 Å². The van der Waals surface area contributed by atoms with Crippen molar-refractivity contribution in [3.05, 3.63) is 23.8 Å². The van der Waals surface area contributed by atoms with E-state index >= 15 is 0 Å². The van der Waals surface area contributed by atoms with E-state index < -0.39 is 41.2 Å².